The van der Waals surface area contributed by atoms with Crippen molar-refractivity contribution in [3.05, 3.63) is 12.0 Å². The van der Waals surface area contributed by atoms with E-state index in [1.807, 2.05) is 11.8 Å². The zero-order valence-electron chi connectivity index (χ0n) is 9.59. The molecule has 0 unspecified atom stereocenters. The number of nitrogens with one attached hydrogen (secondary N) is 2. The zero-order chi connectivity index (χ0) is 11.8. The van der Waals surface area contributed by atoms with E-state index in [1.165, 1.54) is 6.20 Å². The highest BCUT2D eigenvalue weighted by atomic mass is 32.2. The highest BCUT2D eigenvalue weighted by molar-refractivity contribution is 7.98. The van der Waals surface area contributed by atoms with Crippen molar-refractivity contribution >= 4 is 23.5 Å². The average Bonchev–Trinajstić information content (AvgIpc) is 2.31. The summed E-state index contributed by atoms with van der Waals surface area (Å²) in [7, 11) is 1.70. The lowest BCUT2D eigenvalue weighted by atomic mass is 10.3. The van der Waals surface area contributed by atoms with Crippen molar-refractivity contribution in [3.63, 3.8) is 0 Å². The molecule has 0 aliphatic carbocycles. The smallest absolute Gasteiger partial charge is 0.224 e. The topological polar surface area (TPSA) is 49.8 Å². The van der Waals surface area contributed by atoms with E-state index in [0.29, 0.717) is 5.95 Å². The van der Waals surface area contributed by atoms with Gasteiger partial charge >= 0.3 is 0 Å². The van der Waals surface area contributed by atoms with Crippen LogP contribution in [0.25, 0.3) is 0 Å². The molecule has 0 amide bonds. The van der Waals surface area contributed by atoms with Crippen LogP contribution in [0.5, 0.6) is 0 Å². The van der Waals surface area contributed by atoms with Crippen LogP contribution in [-0.2, 0) is 0 Å². The molecule has 0 atom stereocenters. The second-order valence-electron chi connectivity index (χ2n) is 3.27. The molecular weight excluding hydrogens is 227 g/mol. The Labute approximate surface area is 99.4 Å². The lowest BCUT2D eigenvalue weighted by Crippen LogP contribution is -2.08. The number of thioether (sulfide) groups is 1. The minimum atomic E-state index is -0.413. The van der Waals surface area contributed by atoms with Gasteiger partial charge < -0.3 is 10.6 Å². The van der Waals surface area contributed by atoms with Crippen LogP contribution < -0.4 is 10.6 Å². The molecule has 1 heterocycles. The maximum Gasteiger partial charge on any atom is 0.224 e. The summed E-state index contributed by atoms with van der Waals surface area (Å²) in [4.78, 5) is 7.77. The van der Waals surface area contributed by atoms with Crippen LogP contribution in [0.15, 0.2) is 6.20 Å². The molecule has 4 nitrogen and oxygen atoms in total. The molecule has 1 aromatic rings. The molecular formula is C10H17FN4S. The third-order valence-electron chi connectivity index (χ3n) is 2.04. The van der Waals surface area contributed by atoms with Crippen molar-refractivity contribution in [2.45, 2.75) is 12.8 Å². The minimum absolute atomic E-state index is 0.267. The van der Waals surface area contributed by atoms with Crippen molar-refractivity contribution in [2.75, 3.05) is 36.2 Å². The number of unbranched alkanes of at least 4 members (excludes halogenated alkanes) is 1. The van der Waals surface area contributed by atoms with Crippen molar-refractivity contribution in [2.24, 2.45) is 0 Å². The normalized spacial score (nSPS) is 10.2. The monoisotopic (exact) mass is 244 g/mol. The van der Waals surface area contributed by atoms with E-state index in [9.17, 15) is 4.39 Å². The molecule has 0 fully saturated rings. The lowest BCUT2D eigenvalue weighted by molar-refractivity contribution is 0.616. The van der Waals surface area contributed by atoms with Crippen molar-refractivity contribution in [3.8, 4) is 0 Å². The van der Waals surface area contributed by atoms with Crippen LogP contribution in [-0.4, -0.2) is 35.6 Å². The van der Waals surface area contributed by atoms with Gasteiger partial charge in [-0.15, -0.1) is 0 Å². The largest absolute Gasteiger partial charge is 0.367 e. The molecule has 0 radical (unpaired) electrons. The van der Waals surface area contributed by atoms with Crippen LogP contribution >= 0.6 is 11.8 Å². The van der Waals surface area contributed by atoms with Crippen molar-refractivity contribution in [1.82, 2.24) is 9.97 Å². The quantitative estimate of drug-likeness (QED) is 0.720. The summed E-state index contributed by atoms with van der Waals surface area (Å²) < 4.78 is 13.3. The molecule has 0 saturated heterocycles. The minimum Gasteiger partial charge on any atom is -0.367 e. The summed E-state index contributed by atoms with van der Waals surface area (Å²) in [5, 5.41) is 5.74. The van der Waals surface area contributed by atoms with E-state index < -0.39 is 5.82 Å². The molecule has 0 bridgehead atoms. The molecule has 16 heavy (non-hydrogen) atoms. The molecule has 0 saturated carbocycles. The zero-order valence-corrected chi connectivity index (χ0v) is 10.4. The maximum atomic E-state index is 13.3. The average molecular weight is 244 g/mol. The molecule has 0 aliphatic heterocycles. The van der Waals surface area contributed by atoms with Gasteiger partial charge in [0.05, 0.1) is 6.20 Å². The Morgan fingerprint density at radius 3 is 2.94 bits per heavy atom. The number of anilines is 2. The Balaban J connectivity index is 2.40. The first-order valence-corrected chi connectivity index (χ1v) is 6.60. The number of rotatable bonds is 7. The van der Waals surface area contributed by atoms with Gasteiger partial charge in [-0.3, -0.25) is 0 Å². The van der Waals surface area contributed by atoms with E-state index in [1.54, 1.807) is 7.05 Å². The lowest BCUT2D eigenvalue weighted by Gasteiger charge is -2.07. The van der Waals surface area contributed by atoms with Crippen LogP contribution in [0.4, 0.5) is 16.2 Å². The Morgan fingerprint density at radius 1 is 1.44 bits per heavy atom. The predicted octanol–water partition coefficient (Wildman–Crippen LogP) is 2.21. The Hall–Kier alpha value is -1.04. The third kappa shape index (κ3) is 4.22. The van der Waals surface area contributed by atoms with E-state index in [4.69, 9.17) is 0 Å². The molecule has 90 valence electrons. The van der Waals surface area contributed by atoms with Crippen molar-refractivity contribution < 1.29 is 4.39 Å². The van der Waals surface area contributed by atoms with Gasteiger partial charge in [0.25, 0.3) is 0 Å². The second kappa shape index (κ2) is 7.27. The summed E-state index contributed by atoms with van der Waals surface area (Å²) >= 11 is 1.82. The molecule has 1 aromatic heterocycles. The second-order valence-corrected chi connectivity index (χ2v) is 4.25. The SMILES string of the molecule is CNc1ncc(F)c(NCCCCSC)n1. The third-order valence-corrected chi connectivity index (χ3v) is 2.73. The maximum absolute atomic E-state index is 13.3. The first kappa shape index (κ1) is 13.0. The van der Waals surface area contributed by atoms with Gasteiger partial charge in [-0.25, -0.2) is 9.37 Å². The summed E-state index contributed by atoms with van der Waals surface area (Å²) in [6.07, 6.45) is 5.39. The van der Waals surface area contributed by atoms with Crippen LogP contribution in [0.3, 0.4) is 0 Å². The van der Waals surface area contributed by atoms with Crippen LogP contribution in [0.2, 0.25) is 0 Å². The van der Waals surface area contributed by atoms with Gasteiger partial charge in [0.2, 0.25) is 5.95 Å². The van der Waals surface area contributed by atoms with Gasteiger partial charge in [-0.2, -0.15) is 16.7 Å². The standard InChI is InChI=1S/C10H17FN4S/c1-12-10-14-7-8(11)9(15-10)13-5-3-4-6-16-2/h7H,3-6H2,1-2H3,(H2,12,13,14,15). The first-order valence-electron chi connectivity index (χ1n) is 5.21. The fourth-order valence-electron chi connectivity index (χ4n) is 1.19. The Kier molecular flexibility index (Phi) is 5.92. The predicted molar refractivity (Wildman–Crippen MR) is 67.6 cm³/mol. The van der Waals surface area contributed by atoms with Gasteiger partial charge in [0.15, 0.2) is 11.6 Å². The van der Waals surface area contributed by atoms with Crippen LogP contribution in [0.1, 0.15) is 12.8 Å². The number of aromatic nitrogens is 2. The molecule has 0 aromatic carbocycles. The van der Waals surface area contributed by atoms with E-state index in [0.717, 1.165) is 25.1 Å². The fraction of sp³-hybridized carbons (Fsp3) is 0.600. The fourth-order valence-corrected chi connectivity index (χ4v) is 1.68. The summed E-state index contributed by atoms with van der Waals surface area (Å²) in [5.74, 6) is 1.41. The number of hydrogen-bond acceptors (Lipinski definition) is 5. The van der Waals surface area contributed by atoms with Crippen LogP contribution in [0, 0.1) is 5.82 Å². The van der Waals surface area contributed by atoms with Gasteiger partial charge in [0, 0.05) is 13.6 Å². The molecule has 2 N–H and O–H groups in total. The number of nitrogens with zero attached hydrogens (tertiary/aromatic N) is 2. The summed E-state index contributed by atoms with van der Waals surface area (Å²) in [6.45, 7) is 0.734. The Morgan fingerprint density at radius 2 is 2.25 bits per heavy atom. The van der Waals surface area contributed by atoms with E-state index >= 15 is 0 Å². The van der Waals surface area contributed by atoms with Gasteiger partial charge in [-0.1, -0.05) is 0 Å². The highest BCUT2D eigenvalue weighted by Crippen LogP contribution is 2.11. The molecule has 1 rings (SSSR count). The van der Waals surface area contributed by atoms with E-state index in [-0.39, 0.29) is 5.82 Å². The summed E-state index contributed by atoms with van der Waals surface area (Å²) in [5.41, 5.74) is 0. The summed E-state index contributed by atoms with van der Waals surface area (Å²) in [6, 6.07) is 0. The van der Waals surface area contributed by atoms with E-state index in [2.05, 4.69) is 26.9 Å². The number of hydrogen-bond donors (Lipinski definition) is 2. The van der Waals surface area contributed by atoms with Gasteiger partial charge in [0.1, 0.15) is 0 Å². The van der Waals surface area contributed by atoms with Crippen molar-refractivity contribution in [1.29, 1.82) is 0 Å². The molecule has 6 heteroatoms. The molecule has 0 aliphatic rings. The highest BCUT2D eigenvalue weighted by Gasteiger charge is 2.04. The van der Waals surface area contributed by atoms with Gasteiger partial charge in [-0.05, 0) is 24.9 Å². The Bertz CT molecular complexity index is 322. The number of halogens is 1. The first-order chi connectivity index (χ1) is 7.77. The molecule has 0 spiro atoms.